The summed E-state index contributed by atoms with van der Waals surface area (Å²) in [5, 5.41) is 4.75. The first kappa shape index (κ1) is 17.7. The molecule has 27 heavy (non-hydrogen) atoms. The molecule has 1 aromatic carbocycles. The SMILES string of the molecule is COc1cccc(-c2cccc(-c3ccn(CCN4CCOCC4)n3)c2)n1. The molecular weight excluding hydrogens is 340 g/mol. The fraction of sp³-hybridized carbons (Fsp3) is 0.333. The summed E-state index contributed by atoms with van der Waals surface area (Å²) in [4.78, 5) is 6.94. The van der Waals surface area contributed by atoms with E-state index >= 15 is 0 Å². The smallest absolute Gasteiger partial charge is 0.213 e. The molecule has 1 fully saturated rings. The first-order valence-corrected chi connectivity index (χ1v) is 9.27. The number of rotatable bonds is 6. The topological polar surface area (TPSA) is 52.4 Å². The van der Waals surface area contributed by atoms with Crippen molar-refractivity contribution in [2.75, 3.05) is 40.0 Å². The second kappa shape index (κ2) is 8.33. The predicted molar refractivity (Wildman–Crippen MR) is 105 cm³/mol. The van der Waals surface area contributed by atoms with Gasteiger partial charge in [-0.25, -0.2) is 4.98 Å². The predicted octanol–water partition coefficient (Wildman–Crippen LogP) is 2.95. The first-order chi connectivity index (χ1) is 13.3. The second-order valence-electron chi connectivity index (χ2n) is 6.56. The van der Waals surface area contributed by atoms with Crippen LogP contribution in [0.2, 0.25) is 0 Å². The molecule has 0 radical (unpaired) electrons. The quantitative estimate of drug-likeness (QED) is 0.673. The van der Waals surface area contributed by atoms with Crippen LogP contribution in [0.1, 0.15) is 0 Å². The van der Waals surface area contributed by atoms with E-state index < -0.39 is 0 Å². The highest BCUT2D eigenvalue weighted by atomic mass is 16.5. The van der Waals surface area contributed by atoms with Crippen molar-refractivity contribution in [3.63, 3.8) is 0 Å². The van der Waals surface area contributed by atoms with Crippen LogP contribution >= 0.6 is 0 Å². The summed E-state index contributed by atoms with van der Waals surface area (Å²) < 4.78 is 12.6. The van der Waals surface area contributed by atoms with Gasteiger partial charge in [-0.05, 0) is 18.2 Å². The van der Waals surface area contributed by atoms with Gasteiger partial charge in [-0.3, -0.25) is 9.58 Å². The minimum absolute atomic E-state index is 0.616. The van der Waals surface area contributed by atoms with Gasteiger partial charge in [-0.15, -0.1) is 0 Å². The van der Waals surface area contributed by atoms with Gasteiger partial charge in [0.25, 0.3) is 0 Å². The normalized spacial score (nSPS) is 15.0. The van der Waals surface area contributed by atoms with Crippen molar-refractivity contribution in [1.82, 2.24) is 19.7 Å². The average Bonchev–Trinajstić information content (AvgIpc) is 3.22. The number of benzene rings is 1. The summed E-state index contributed by atoms with van der Waals surface area (Å²) in [5.41, 5.74) is 4.00. The van der Waals surface area contributed by atoms with E-state index in [1.807, 2.05) is 35.1 Å². The van der Waals surface area contributed by atoms with Gasteiger partial charge in [-0.1, -0.05) is 24.3 Å². The van der Waals surface area contributed by atoms with Crippen LogP contribution in [0.4, 0.5) is 0 Å². The molecule has 1 aliphatic heterocycles. The highest BCUT2D eigenvalue weighted by molar-refractivity contribution is 5.69. The number of hydrogen-bond acceptors (Lipinski definition) is 5. The molecule has 3 aromatic rings. The van der Waals surface area contributed by atoms with E-state index in [4.69, 9.17) is 14.6 Å². The third-order valence-electron chi connectivity index (χ3n) is 4.78. The molecule has 0 aliphatic carbocycles. The Kier molecular flexibility index (Phi) is 5.46. The lowest BCUT2D eigenvalue weighted by atomic mass is 10.1. The Hall–Kier alpha value is -2.70. The summed E-state index contributed by atoms with van der Waals surface area (Å²) >= 11 is 0. The van der Waals surface area contributed by atoms with Crippen LogP contribution in [0.25, 0.3) is 22.5 Å². The Morgan fingerprint density at radius 1 is 0.963 bits per heavy atom. The summed E-state index contributed by atoms with van der Waals surface area (Å²) in [5.74, 6) is 0.616. The van der Waals surface area contributed by atoms with Gasteiger partial charge in [-0.2, -0.15) is 5.10 Å². The van der Waals surface area contributed by atoms with Crippen LogP contribution in [0, 0.1) is 0 Å². The van der Waals surface area contributed by atoms with Gasteiger partial charge in [0.05, 0.1) is 38.3 Å². The van der Waals surface area contributed by atoms with Crippen LogP contribution < -0.4 is 4.74 Å². The maximum absolute atomic E-state index is 5.40. The molecule has 6 heteroatoms. The Bertz CT molecular complexity index is 887. The summed E-state index contributed by atoms with van der Waals surface area (Å²) in [6.07, 6.45) is 2.05. The molecule has 140 valence electrons. The molecule has 1 saturated heterocycles. The van der Waals surface area contributed by atoms with E-state index in [0.29, 0.717) is 5.88 Å². The summed E-state index contributed by atoms with van der Waals surface area (Å²) in [7, 11) is 1.63. The molecule has 3 heterocycles. The lowest BCUT2D eigenvalue weighted by molar-refractivity contribution is 0.0360. The van der Waals surface area contributed by atoms with Gasteiger partial charge in [0.15, 0.2) is 0 Å². The number of nitrogens with zero attached hydrogens (tertiary/aromatic N) is 4. The highest BCUT2D eigenvalue weighted by Crippen LogP contribution is 2.25. The van der Waals surface area contributed by atoms with Gasteiger partial charge in [0.1, 0.15) is 0 Å². The Labute approximate surface area is 159 Å². The van der Waals surface area contributed by atoms with Crippen molar-refractivity contribution < 1.29 is 9.47 Å². The summed E-state index contributed by atoms with van der Waals surface area (Å²) in [6.45, 7) is 5.55. The molecule has 0 unspecified atom stereocenters. The van der Waals surface area contributed by atoms with Crippen molar-refractivity contribution >= 4 is 0 Å². The molecule has 4 rings (SSSR count). The number of aromatic nitrogens is 3. The van der Waals surface area contributed by atoms with Gasteiger partial charge in [0, 0.05) is 43.0 Å². The third-order valence-corrected chi connectivity index (χ3v) is 4.78. The minimum Gasteiger partial charge on any atom is -0.481 e. The molecule has 0 atom stereocenters. The number of hydrogen-bond donors (Lipinski definition) is 0. The Morgan fingerprint density at radius 3 is 2.56 bits per heavy atom. The number of methoxy groups -OCH3 is 1. The number of ether oxygens (including phenoxy) is 2. The van der Waals surface area contributed by atoms with Gasteiger partial charge in [0.2, 0.25) is 5.88 Å². The molecule has 0 bridgehead atoms. The van der Waals surface area contributed by atoms with Crippen LogP contribution in [-0.4, -0.2) is 59.6 Å². The lowest BCUT2D eigenvalue weighted by Gasteiger charge is -2.26. The maximum Gasteiger partial charge on any atom is 0.213 e. The van der Waals surface area contributed by atoms with Crippen LogP contribution in [-0.2, 0) is 11.3 Å². The van der Waals surface area contributed by atoms with E-state index in [0.717, 1.165) is 61.9 Å². The molecule has 0 amide bonds. The van der Waals surface area contributed by atoms with Crippen molar-refractivity contribution in [2.24, 2.45) is 0 Å². The highest BCUT2D eigenvalue weighted by Gasteiger charge is 2.11. The van der Waals surface area contributed by atoms with Crippen LogP contribution in [0.15, 0.2) is 54.7 Å². The first-order valence-electron chi connectivity index (χ1n) is 9.27. The second-order valence-corrected chi connectivity index (χ2v) is 6.56. The molecular formula is C21H24N4O2. The van der Waals surface area contributed by atoms with Crippen LogP contribution in [0.3, 0.4) is 0 Å². The lowest BCUT2D eigenvalue weighted by Crippen LogP contribution is -2.38. The van der Waals surface area contributed by atoms with Crippen molar-refractivity contribution in [3.05, 3.63) is 54.7 Å². The van der Waals surface area contributed by atoms with Crippen molar-refractivity contribution in [2.45, 2.75) is 6.54 Å². The fourth-order valence-corrected chi connectivity index (χ4v) is 3.24. The maximum atomic E-state index is 5.40. The van der Waals surface area contributed by atoms with Crippen molar-refractivity contribution in [3.8, 4) is 28.4 Å². The third kappa shape index (κ3) is 4.35. The molecule has 1 aliphatic rings. The van der Waals surface area contributed by atoms with E-state index in [1.165, 1.54) is 0 Å². The largest absolute Gasteiger partial charge is 0.481 e. The molecule has 0 saturated carbocycles. The Balaban J connectivity index is 1.48. The van der Waals surface area contributed by atoms with Crippen LogP contribution in [0.5, 0.6) is 5.88 Å². The van der Waals surface area contributed by atoms with E-state index in [-0.39, 0.29) is 0 Å². The van der Waals surface area contributed by atoms with Crippen molar-refractivity contribution in [1.29, 1.82) is 0 Å². The zero-order valence-corrected chi connectivity index (χ0v) is 15.5. The zero-order chi connectivity index (χ0) is 18.5. The molecule has 0 N–H and O–H groups in total. The van der Waals surface area contributed by atoms with E-state index in [2.05, 4.69) is 34.1 Å². The van der Waals surface area contributed by atoms with Gasteiger partial charge >= 0.3 is 0 Å². The molecule has 2 aromatic heterocycles. The number of pyridine rings is 1. The van der Waals surface area contributed by atoms with E-state index in [1.54, 1.807) is 7.11 Å². The summed E-state index contributed by atoms with van der Waals surface area (Å²) in [6, 6.07) is 16.2. The molecule has 6 nitrogen and oxygen atoms in total. The molecule has 0 spiro atoms. The number of morpholine rings is 1. The van der Waals surface area contributed by atoms with E-state index in [9.17, 15) is 0 Å². The zero-order valence-electron chi connectivity index (χ0n) is 15.5. The fourth-order valence-electron chi connectivity index (χ4n) is 3.24. The minimum atomic E-state index is 0.616. The van der Waals surface area contributed by atoms with Gasteiger partial charge < -0.3 is 9.47 Å². The average molecular weight is 364 g/mol. The monoisotopic (exact) mass is 364 g/mol. The Morgan fingerprint density at radius 2 is 1.74 bits per heavy atom. The standard InChI is InChI=1S/C21H24N4O2/c1-26-21-7-3-6-19(22-21)17-4-2-5-18(16-17)20-8-9-25(23-20)11-10-24-12-14-27-15-13-24/h2-9,16H,10-15H2,1H3.